The van der Waals surface area contributed by atoms with E-state index in [2.05, 4.69) is 36.3 Å². The summed E-state index contributed by atoms with van der Waals surface area (Å²) in [6, 6.07) is 13.5. The predicted molar refractivity (Wildman–Crippen MR) is 117 cm³/mol. The average molecular weight is 408 g/mol. The van der Waals surface area contributed by atoms with Crippen molar-refractivity contribution in [3.8, 4) is 5.69 Å². The molecule has 3 aromatic rings. The Morgan fingerprint density at radius 3 is 2.55 bits per heavy atom. The number of nitrogens with zero attached hydrogens (tertiary/aromatic N) is 2. The highest BCUT2D eigenvalue weighted by molar-refractivity contribution is 7.99. The molecule has 0 bridgehead atoms. The number of amides is 1. The van der Waals surface area contributed by atoms with Crippen LogP contribution in [-0.2, 0) is 4.79 Å². The number of rotatable bonds is 7. The number of hydrogen-bond acceptors (Lipinski definition) is 4. The maximum atomic E-state index is 12.6. The normalized spacial score (nSPS) is 11.9. The first-order valence-corrected chi connectivity index (χ1v) is 10.5. The summed E-state index contributed by atoms with van der Waals surface area (Å²) in [5, 5.41) is 3.64. The molecular formula is C23H25N3O2S. The summed E-state index contributed by atoms with van der Waals surface area (Å²) in [5.41, 5.74) is 5.11. The second-order valence-corrected chi connectivity index (χ2v) is 8.00. The molecule has 1 amide bonds. The minimum absolute atomic E-state index is 0.0456. The molecule has 2 aromatic carbocycles. The van der Waals surface area contributed by atoms with E-state index in [1.807, 2.05) is 48.0 Å². The molecule has 0 unspecified atom stereocenters. The molecule has 1 atom stereocenters. The third-order valence-corrected chi connectivity index (χ3v) is 5.89. The number of aromatic nitrogens is 2. The van der Waals surface area contributed by atoms with E-state index in [1.54, 1.807) is 6.20 Å². The summed E-state index contributed by atoms with van der Waals surface area (Å²) in [7, 11) is 0. The zero-order valence-corrected chi connectivity index (χ0v) is 17.9. The largest absolute Gasteiger partial charge is 0.350 e. The van der Waals surface area contributed by atoms with Crippen LogP contribution in [0.3, 0.4) is 0 Å². The molecule has 0 saturated heterocycles. The van der Waals surface area contributed by atoms with Crippen molar-refractivity contribution in [2.45, 2.75) is 38.9 Å². The predicted octanol–water partition coefficient (Wildman–Crippen LogP) is 4.66. The molecular weight excluding hydrogens is 382 g/mol. The first-order valence-electron chi connectivity index (χ1n) is 9.50. The van der Waals surface area contributed by atoms with Crippen molar-refractivity contribution in [3.05, 3.63) is 77.1 Å². The maximum absolute atomic E-state index is 12.6. The molecule has 5 nitrogen and oxygen atoms in total. The van der Waals surface area contributed by atoms with Gasteiger partial charge in [-0.1, -0.05) is 48.2 Å². The van der Waals surface area contributed by atoms with Crippen molar-refractivity contribution in [2.75, 3.05) is 5.75 Å². The van der Waals surface area contributed by atoms with Crippen LogP contribution in [0, 0.1) is 13.8 Å². The second kappa shape index (κ2) is 9.09. The van der Waals surface area contributed by atoms with E-state index in [1.165, 1.54) is 29.8 Å². The van der Waals surface area contributed by atoms with Crippen molar-refractivity contribution in [1.82, 2.24) is 14.9 Å². The maximum Gasteiger partial charge on any atom is 0.217 e. The fraction of sp³-hybridized carbons (Fsp3) is 0.261. The first-order chi connectivity index (χ1) is 13.9. The van der Waals surface area contributed by atoms with Crippen LogP contribution in [-0.4, -0.2) is 27.0 Å². The Morgan fingerprint density at radius 1 is 1.14 bits per heavy atom. The van der Waals surface area contributed by atoms with Crippen LogP contribution in [0.4, 0.5) is 0 Å². The fourth-order valence-corrected chi connectivity index (χ4v) is 4.00. The minimum Gasteiger partial charge on any atom is -0.350 e. The molecule has 0 radical (unpaired) electrons. The fourth-order valence-electron chi connectivity index (χ4n) is 3.14. The van der Waals surface area contributed by atoms with Crippen molar-refractivity contribution in [2.24, 2.45) is 0 Å². The van der Waals surface area contributed by atoms with Gasteiger partial charge in [-0.15, -0.1) is 0 Å². The van der Waals surface area contributed by atoms with E-state index in [-0.39, 0.29) is 17.7 Å². The highest BCUT2D eigenvalue weighted by atomic mass is 32.2. The summed E-state index contributed by atoms with van der Waals surface area (Å²) < 4.78 is 2.03. The lowest BCUT2D eigenvalue weighted by Gasteiger charge is -2.13. The smallest absolute Gasteiger partial charge is 0.217 e. The zero-order valence-electron chi connectivity index (χ0n) is 17.1. The molecule has 1 heterocycles. The lowest BCUT2D eigenvalue weighted by Crippen LogP contribution is -2.23. The van der Waals surface area contributed by atoms with Gasteiger partial charge in [-0.05, 0) is 43.5 Å². The van der Waals surface area contributed by atoms with Crippen LogP contribution < -0.4 is 5.32 Å². The molecule has 0 fully saturated rings. The van der Waals surface area contributed by atoms with Crippen LogP contribution in [0.2, 0.25) is 0 Å². The number of imidazole rings is 1. The van der Waals surface area contributed by atoms with E-state index < -0.39 is 0 Å². The molecule has 29 heavy (non-hydrogen) atoms. The van der Waals surface area contributed by atoms with Gasteiger partial charge in [0.2, 0.25) is 5.91 Å². The number of thioether (sulfide) groups is 1. The Hall–Kier alpha value is -2.86. The van der Waals surface area contributed by atoms with Gasteiger partial charge in [-0.3, -0.25) is 14.2 Å². The number of benzene rings is 2. The van der Waals surface area contributed by atoms with Crippen molar-refractivity contribution < 1.29 is 9.59 Å². The molecule has 150 valence electrons. The topological polar surface area (TPSA) is 64.0 Å². The Morgan fingerprint density at radius 2 is 1.86 bits per heavy atom. The third-order valence-electron chi connectivity index (χ3n) is 4.93. The van der Waals surface area contributed by atoms with Crippen LogP contribution in [0.15, 0.2) is 60.0 Å². The quantitative estimate of drug-likeness (QED) is 0.457. The van der Waals surface area contributed by atoms with E-state index in [0.717, 1.165) is 16.4 Å². The lowest BCUT2D eigenvalue weighted by molar-refractivity contribution is -0.119. The van der Waals surface area contributed by atoms with E-state index in [0.29, 0.717) is 11.3 Å². The lowest BCUT2D eigenvalue weighted by atomic mass is 10.0. The second-order valence-electron chi connectivity index (χ2n) is 7.05. The highest BCUT2D eigenvalue weighted by Crippen LogP contribution is 2.25. The molecule has 1 aromatic heterocycles. The van der Waals surface area contributed by atoms with E-state index in [4.69, 9.17) is 0 Å². The molecule has 0 aliphatic rings. The Labute approximate surface area is 175 Å². The summed E-state index contributed by atoms with van der Waals surface area (Å²) in [6.45, 7) is 7.59. The molecule has 0 aliphatic heterocycles. The summed E-state index contributed by atoms with van der Waals surface area (Å²) >= 11 is 1.43. The van der Waals surface area contributed by atoms with Gasteiger partial charge in [-0.2, -0.15) is 0 Å². The molecule has 1 N–H and O–H groups in total. The zero-order chi connectivity index (χ0) is 21.0. The number of nitrogens with one attached hydrogen (secondary N) is 1. The van der Waals surface area contributed by atoms with E-state index >= 15 is 0 Å². The van der Waals surface area contributed by atoms with Crippen LogP contribution in [0.1, 0.15) is 46.9 Å². The number of ketones is 1. The van der Waals surface area contributed by atoms with Gasteiger partial charge < -0.3 is 5.32 Å². The number of carbonyl (C=O) groups excluding carboxylic acids is 2. The standard InChI is InChI=1S/C23H25N3O2S/c1-15-6-5-7-21(16(15)2)26-13-12-24-23(26)29-14-22(28)20-10-8-19(9-11-20)17(3)25-18(4)27/h5-13,17H,14H2,1-4H3,(H,25,27)/t17-/m0/s1. The Balaban J connectivity index is 1.68. The van der Waals surface area contributed by atoms with Crippen molar-refractivity contribution in [3.63, 3.8) is 0 Å². The molecule has 6 heteroatoms. The first kappa shape index (κ1) is 20.9. The monoisotopic (exact) mass is 407 g/mol. The van der Waals surface area contributed by atoms with Gasteiger partial charge in [-0.25, -0.2) is 4.98 Å². The average Bonchev–Trinajstić information content (AvgIpc) is 3.16. The van der Waals surface area contributed by atoms with Crippen LogP contribution in [0.25, 0.3) is 5.69 Å². The van der Waals surface area contributed by atoms with Gasteiger partial charge in [0, 0.05) is 24.9 Å². The molecule has 0 saturated carbocycles. The van der Waals surface area contributed by atoms with Crippen molar-refractivity contribution >= 4 is 23.5 Å². The van der Waals surface area contributed by atoms with E-state index in [9.17, 15) is 9.59 Å². The highest BCUT2D eigenvalue weighted by Gasteiger charge is 2.13. The Bertz CT molecular complexity index is 1020. The molecule has 0 aliphatic carbocycles. The molecule has 0 spiro atoms. The number of Topliss-reactive ketones (excluding diaryl/α,β-unsaturated/α-hetero) is 1. The SMILES string of the molecule is CC(=O)N[C@@H](C)c1ccc(C(=O)CSc2nccn2-c2cccc(C)c2C)cc1. The minimum atomic E-state index is -0.0870. The van der Waals surface area contributed by atoms with Crippen LogP contribution >= 0.6 is 11.8 Å². The van der Waals surface area contributed by atoms with Crippen molar-refractivity contribution in [1.29, 1.82) is 0 Å². The van der Waals surface area contributed by atoms with Gasteiger partial charge >= 0.3 is 0 Å². The van der Waals surface area contributed by atoms with Gasteiger partial charge in [0.25, 0.3) is 0 Å². The molecule has 3 rings (SSSR count). The number of hydrogen-bond donors (Lipinski definition) is 1. The summed E-state index contributed by atoms with van der Waals surface area (Å²) in [4.78, 5) is 28.3. The number of aryl methyl sites for hydroxylation is 1. The van der Waals surface area contributed by atoms with Gasteiger partial charge in [0.15, 0.2) is 10.9 Å². The third kappa shape index (κ3) is 4.95. The Kier molecular flexibility index (Phi) is 6.54. The summed E-state index contributed by atoms with van der Waals surface area (Å²) in [5.74, 6) is 0.278. The number of carbonyl (C=O) groups is 2. The summed E-state index contributed by atoms with van der Waals surface area (Å²) in [6.07, 6.45) is 3.68. The van der Waals surface area contributed by atoms with Gasteiger partial charge in [0.1, 0.15) is 0 Å². The van der Waals surface area contributed by atoms with Crippen LogP contribution in [0.5, 0.6) is 0 Å². The van der Waals surface area contributed by atoms with Gasteiger partial charge in [0.05, 0.1) is 17.5 Å².